The van der Waals surface area contributed by atoms with Gasteiger partial charge in [0.1, 0.15) is 0 Å². The molecule has 0 spiro atoms. The molecule has 1 aliphatic rings. The number of nitrogens with zero attached hydrogens (tertiary/aromatic N) is 6. The summed E-state index contributed by atoms with van der Waals surface area (Å²) < 4.78 is 1.76. The predicted molar refractivity (Wildman–Crippen MR) is 166 cm³/mol. The highest BCUT2D eigenvalue weighted by Crippen LogP contribution is 2.28. The maximum absolute atomic E-state index is 13.1. The normalized spacial score (nSPS) is 15.4. The van der Waals surface area contributed by atoms with Gasteiger partial charge in [0.25, 0.3) is 5.91 Å². The quantitative estimate of drug-likeness (QED) is 0.251. The summed E-state index contributed by atoms with van der Waals surface area (Å²) in [5, 5.41) is 10.8. The minimum absolute atomic E-state index is 0.143. The number of benzene rings is 2. The average molecular weight is 559 g/mol. The van der Waals surface area contributed by atoms with Crippen molar-refractivity contribution in [1.82, 2.24) is 29.6 Å². The van der Waals surface area contributed by atoms with Gasteiger partial charge in [-0.05, 0) is 92.9 Å². The zero-order valence-electron chi connectivity index (χ0n) is 24.1. The zero-order valence-corrected chi connectivity index (χ0v) is 24.1. The number of likely N-dealkylation sites (tertiary alicyclic amines) is 1. The van der Waals surface area contributed by atoms with Crippen molar-refractivity contribution in [2.75, 3.05) is 30.8 Å². The molecule has 2 aromatic carbocycles. The van der Waals surface area contributed by atoms with Crippen LogP contribution >= 0.6 is 0 Å². The summed E-state index contributed by atoms with van der Waals surface area (Å²) in [6.07, 6.45) is 9.59. The Bertz CT molecular complexity index is 1710. The second-order valence-corrected chi connectivity index (χ2v) is 10.9. The molecule has 5 aromatic rings. The highest BCUT2D eigenvalue weighted by molar-refractivity contribution is 6.04. The Hall–Kier alpha value is -4.89. The molecule has 0 saturated carbocycles. The van der Waals surface area contributed by atoms with E-state index in [2.05, 4.69) is 49.8 Å². The summed E-state index contributed by atoms with van der Waals surface area (Å²) in [5.41, 5.74) is 7.79. The fourth-order valence-corrected chi connectivity index (χ4v) is 5.37. The molecule has 9 heteroatoms. The molecule has 1 unspecified atom stereocenters. The lowest BCUT2D eigenvalue weighted by molar-refractivity contribution is 0.102. The first kappa shape index (κ1) is 27.3. The third-order valence-corrected chi connectivity index (χ3v) is 7.71. The van der Waals surface area contributed by atoms with Crippen molar-refractivity contribution < 1.29 is 4.79 Å². The van der Waals surface area contributed by atoms with E-state index in [9.17, 15) is 4.79 Å². The largest absolute Gasteiger partial charge is 0.324 e. The third kappa shape index (κ3) is 6.21. The van der Waals surface area contributed by atoms with Crippen LogP contribution in [0.25, 0.3) is 22.5 Å². The Morgan fingerprint density at radius 3 is 2.52 bits per heavy atom. The maximum atomic E-state index is 13.1. The monoisotopic (exact) mass is 558 g/mol. The van der Waals surface area contributed by atoms with Gasteiger partial charge in [0, 0.05) is 66.4 Å². The third-order valence-electron chi connectivity index (χ3n) is 7.71. The van der Waals surface area contributed by atoms with Gasteiger partial charge < -0.3 is 15.5 Å². The van der Waals surface area contributed by atoms with Gasteiger partial charge in [0.05, 0.1) is 11.4 Å². The number of piperidine rings is 1. The summed E-state index contributed by atoms with van der Waals surface area (Å²) in [6.45, 7) is 4.21. The van der Waals surface area contributed by atoms with Crippen molar-refractivity contribution in [3.63, 3.8) is 0 Å². The number of pyridine rings is 1. The van der Waals surface area contributed by atoms with Crippen LogP contribution in [0.4, 0.5) is 17.3 Å². The van der Waals surface area contributed by atoms with Gasteiger partial charge in [0.2, 0.25) is 5.95 Å². The maximum Gasteiger partial charge on any atom is 0.255 e. The molecule has 1 aliphatic heterocycles. The molecule has 1 atom stereocenters. The molecule has 4 heterocycles. The molecule has 42 heavy (non-hydrogen) atoms. The Morgan fingerprint density at radius 2 is 1.76 bits per heavy atom. The SMILES string of the molecule is Cc1ccc(NC(=O)c2ccc(C3CCCN(C)C3)cc2)cc1Nc1nccc(-c2cncc(-c3ccn(C)n3)c2)n1. The Morgan fingerprint density at radius 1 is 0.952 bits per heavy atom. The van der Waals surface area contributed by atoms with Crippen molar-refractivity contribution >= 4 is 23.2 Å². The van der Waals surface area contributed by atoms with Crippen LogP contribution in [0.3, 0.4) is 0 Å². The molecule has 9 nitrogen and oxygen atoms in total. The summed E-state index contributed by atoms with van der Waals surface area (Å²) in [5.74, 6) is 0.829. The zero-order chi connectivity index (χ0) is 29.1. The fourth-order valence-electron chi connectivity index (χ4n) is 5.37. The van der Waals surface area contributed by atoms with E-state index in [1.54, 1.807) is 23.3 Å². The minimum atomic E-state index is -0.143. The summed E-state index contributed by atoms with van der Waals surface area (Å²) in [4.78, 5) is 29.0. The first-order valence-corrected chi connectivity index (χ1v) is 14.2. The van der Waals surface area contributed by atoms with E-state index in [4.69, 9.17) is 4.98 Å². The number of carbonyl (C=O) groups excluding carboxylic acids is 1. The molecule has 2 N–H and O–H groups in total. The number of carbonyl (C=O) groups is 1. The first-order chi connectivity index (χ1) is 20.4. The van der Waals surface area contributed by atoms with Crippen molar-refractivity contribution in [2.45, 2.75) is 25.7 Å². The van der Waals surface area contributed by atoms with Crippen LogP contribution in [0.2, 0.25) is 0 Å². The van der Waals surface area contributed by atoms with Crippen LogP contribution in [-0.2, 0) is 7.05 Å². The average Bonchev–Trinajstić information content (AvgIpc) is 3.45. The lowest BCUT2D eigenvalue weighted by atomic mass is 9.90. The molecule has 6 rings (SSSR count). The number of hydrogen-bond acceptors (Lipinski definition) is 7. The second-order valence-electron chi connectivity index (χ2n) is 10.9. The van der Waals surface area contributed by atoms with Gasteiger partial charge in [-0.1, -0.05) is 18.2 Å². The van der Waals surface area contributed by atoms with E-state index in [0.29, 0.717) is 23.1 Å². The van der Waals surface area contributed by atoms with Crippen LogP contribution in [0, 0.1) is 6.92 Å². The van der Waals surface area contributed by atoms with Gasteiger partial charge in [-0.25, -0.2) is 9.97 Å². The predicted octanol–water partition coefficient (Wildman–Crippen LogP) is 6.05. The number of rotatable bonds is 7. The number of likely N-dealkylation sites (N-methyl/N-ethyl adjacent to an activating group) is 1. The Kier molecular flexibility index (Phi) is 7.74. The van der Waals surface area contributed by atoms with E-state index >= 15 is 0 Å². The van der Waals surface area contributed by atoms with Crippen molar-refractivity contribution in [3.05, 3.63) is 102 Å². The first-order valence-electron chi connectivity index (χ1n) is 14.2. The number of aromatic nitrogens is 5. The highest BCUT2D eigenvalue weighted by atomic mass is 16.1. The summed E-state index contributed by atoms with van der Waals surface area (Å²) in [6, 6.07) is 19.6. The van der Waals surface area contributed by atoms with E-state index in [1.165, 1.54) is 18.4 Å². The van der Waals surface area contributed by atoms with Gasteiger partial charge in [-0.15, -0.1) is 0 Å². The molecule has 212 valence electrons. The second kappa shape index (κ2) is 11.9. The van der Waals surface area contributed by atoms with Gasteiger partial charge in [-0.3, -0.25) is 14.5 Å². The van der Waals surface area contributed by atoms with Crippen LogP contribution in [0.1, 0.15) is 40.2 Å². The molecule has 0 aliphatic carbocycles. The minimum Gasteiger partial charge on any atom is -0.324 e. The molecular weight excluding hydrogens is 524 g/mol. The van der Waals surface area contributed by atoms with Gasteiger partial charge >= 0.3 is 0 Å². The van der Waals surface area contributed by atoms with Crippen LogP contribution in [0.15, 0.2) is 85.5 Å². The Labute approximate surface area is 245 Å². The molecule has 0 bridgehead atoms. The summed E-state index contributed by atoms with van der Waals surface area (Å²) >= 11 is 0. The van der Waals surface area contributed by atoms with Crippen LogP contribution < -0.4 is 10.6 Å². The number of amides is 1. The van der Waals surface area contributed by atoms with Gasteiger partial charge in [0.15, 0.2) is 0 Å². The topological polar surface area (TPSA) is 101 Å². The standard InChI is InChI=1S/C33H34N8O/c1-22-6-11-28(36-32(42)24-9-7-23(8-10-24)25-5-4-15-40(2)21-25)18-31(22)38-33-35-14-12-29(37-33)26-17-27(20-34-19-26)30-13-16-41(3)39-30/h6-14,16-20,25H,4-5,15,21H2,1-3H3,(H,36,42)(H,35,37,38). The van der Waals surface area contributed by atoms with E-state index in [1.807, 2.05) is 68.7 Å². The molecule has 1 fully saturated rings. The fraction of sp³-hybridized carbons (Fsp3) is 0.242. The van der Waals surface area contributed by atoms with E-state index < -0.39 is 0 Å². The Balaban J connectivity index is 1.15. The number of nitrogens with one attached hydrogen (secondary N) is 2. The highest BCUT2D eigenvalue weighted by Gasteiger charge is 2.19. The smallest absolute Gasteiger partial charge is 0.255 e. The van der Waals surface area contributed by atoms with Crippen molar-refractivity contribution in [2.24, 2.45) is 7.05 Å². The van der Waals surface area contributed by atoms with Crippen LogP contribution in [0.5, 0.6) is 0 Å². The van der Waals surface area contributed by atoms with Crippen molar-refractivity contribution in [3.8, 4) is 22.5 Å². The van der Waals surface area contributed by atoms with E-state index in [-0.39, 0.29) is 5.91 Å². The van der Waals surface area contributed by atoms with Crippen LogP contribution in [-0.4, -0.2) is 55.7 Å². The lowest BCUT2D eigenvalue weighted by Crippen LogP contribution is -2.30. The van der Waals surface area contributed by atoms with Gasteiger partial charge in [-0.2, -0.15) is 5.10 Å². The molecule has 3 aromatic heterocycles. The molecule has 0 radical (unpaired) electrons. The molecule has 1 amide bonds. The molecule has 1 saturated heterocycles. The van der Waals surface area contributed by atoms with E-state index in [0.717, 1.165) is 46.9 Å². The molecular formula is C33H34N8O. The number of hydrogen-bond donors (Lipinski definition) is 2. The number of aryl methyl sites for hydroxylation is 2. The lowest BCUT2D eigenvalue weighted by Gasteiger charge is -2.30. The summed E-state index contributed by atoms with van der Waals surface area (Å²) in [7, 11) is 4.06. The van der Waals surface area contributed by atoms with Crippen molar-refractivity contribution in [1.29, 1.82) is 0 Å². The number of anilines is 3.